The van der Waals surface area contributed by atoms with Crippen LogP contribution >= 0.6 is 11.8 Å². The van der Waals surface area contributed by atoms with Crippen LogP contribution in [0.1, 0.15) is 13.3 Å². The van der Waals surface area contributed by atoms with Crippen LogP contribution in [0.3, 0.4) is 0 Å². The van der Waals surface area contributed by atoms with E-state index in [4.69, 9.17) is 0 Å². The van der Waals surface area contributed by atoms with Crippen LogP contribution in [-0.4, -0.2) is 49.8 Å². The first-order valence-electron chi connectivity index (χ1n) is 6.21. The molecule has 110 valence electrons. The molecule has 0 saturated carbocycles. The highest BCUT2D eigenvalue weighted by Crippen LogP contribution is 2.10. The van der Waals surface area contributed by atoms with Crippen molar-refractivity contribution in [1.82, 2.24) is 19.8 Å². The molecular formula is C11H22N4O2S2. The van der Waals surface area contributed by atoms with Crippen molar-refractivity contribution in [3.05, 3.63) is 12.4 Å². The van der Waals surface area contributed by atoms with E-state index in [9.17, 15) is 8.42 Å². The summed E-state index contributed by atoms with van der Waals surface area (Å²) in [6.45, 7) is 3.37. The largest absolute Gasteiger partial charge is 0.318 e. The lowest BCUT2D eigenvalue weighted by Crippen LogP contribution is -2.35. The van der Waals surface area contributed by atoms with Gasteiger partial charge in [0.25, 0.3) is 0 Å². The maximum atomic E-state index is 12.2. The summed E-state index contributed by atoms with van der Waals surface area (Å²) in [6.07, 6.45) is 5.69. The Kier molecular flexibility index (Phi) is 6.84. The van der Waals surface area contributed by atoms with Crippen LogP contribution in [0.4, 0.5) is 0 Å². The molecule has 0 bridgehead atoms. The minimum absolute atomic E-state index is 0.0411. The van der Waals surface area contributed by atoms with Gasteiger partial charge in [-0.3, -0.25) is 4.68 Å². The molecule has 0 aliphatic rings. The van der Waals surface area contributed by atoms with Crippen molar-refractivity contribution in [2.45, 2.75) is 30.8 Å². The van der Waals surface area contributed by atoms with Crippen molar-refractivity contribution in [3.8, 4) is 0 Å². The fourth-order valence-corrected chi connectivity index (χ4v) is 3.65. The third-order valence-electron chi connectivity index (χ3n) is 2.69. The number of hydrogen-bond acceptors (Lipinski definition) is 5. The predicted octanol–water partition coefficient (Wildman–Crippen LogP) is 0.522. The van der Waals surface area contributed by atoms with Crippen molar-refractivity contribution in [3.63, 3.8) is 0 Å². The van der Waals surface area contributed by atoms with Crippen LogP contribution in [0.5, 0.6) is 0 Å². The number of nitrogens with zero attached hydrogens (tertiary/aromatic N) is 2. The van der Waals surface area contributed by atoms with Crippen molar-refractivity contribution in [1.29, 1.82) is 0 Å². The molecule has 0 aliphatic carbocycles. The molecule has 1 aromatic rings. The monoisotopic (exact) mass is 306 g/mol. The summed E-state index contributed by atoms with van der Waals surface area (Å²) < 4.78 is 28.7. The van der Waals surface area contributed by atoms with E-state index in [1.807, 2.05) is 20.2 Å². The lowest BCUT2D eigenvalue weighted by molar-refractivity contribution is 0.557. The molecule has 6 nitrogen and oxygen atoms in total. The lowest BCUT2D eigenvalue weighted by atomic mass is 10.3. The van der Waals surface area contributed by atoms with Crippen LogP contribution < -0.4 is 10.0 Å². The second-order valence-corrected chi connectivity index (χ2v) is 6.85. The summed E-state index contributed by atoms with van der Waals surface area (Å²) in [4.78, 5) is 0.225. The molecule has 0 amide bonds. The first-order chi connectivity index (χ1) is 9.03. The summed E-state index contributed by atoms with van der Waals surface area (Å²) in [5.41, 5.74) is 0. The highest BCUT2D eigenvalue weighted by atomic mass is 32.2. The SMILES string of the molecule is CCC(CSC)NS(=O)(=O)c1cnn(CCNC)c1. The van der Waals surface area contributed by atoms with E-state index >= 15 is 0 Å². The predicted molar refractivity (Wildman–Crippen MR) is 78.9 cm³/mol. The molecule has 0 fully saturated rings. The fourth-order valence-electron chi connectivity index (χ4n) is 1.56. The standard InChI is InChI=1S/C11H22N4O2S2/c1-4-10(9-18-3)14-19(16,17)11-7-13-15(8-11)6-5-12-2/h7-8,10,12,14H,4-6,9H2,1-3H3. The van der Waals surface area contributed by atoms with Gasteiger partial charge in [-0.1, -0.05) is 6.92 Å². The third kappa shape index (κ3) is 5.13. The van der Waals surface area contributed by atoms with Crippen molar-refractivity contribution >= 4 is 21.8 Å². The second kappa shape index (κ2) is 7.88. The van der Waals surface area contributed by atoms with Gasteiger partial charge in [-0.15, -0.1) is 0 Å². The molecule has 19 heavy (non-hydrogen) atoms. The van der Waals surface area contributed by atoms with E-state index in [0.717, 1.165) is 18.7 Å². The molecule has 1 atom stereocenters. The van der Waals surface area contributed by atoms with Gasteiger partial charge in [0.2, 0.25) is 10.0 Å². The molecule has 0 aliphatic heterocycles. The van der Waals surface area contributed by atoms with E-state index in [-0.39, 0.29) is 10.9 Å². The normalized spacial score (nSPS) is 13.6. The number of sulfonamides is 1. The topological polar surface area (TPSA) is 76.0 Å². The summed E-state index contributed by atoms with van der Waals surface area (Å²) in [5.74, 6) is 0.767. The van der Waals surface area contributed by atoms with Gasteiger partial charge >= 0.3 is 0 Å². The Morgan fingerprint density at radius 1 is 1.53 bits per heavy atom. The Balaban J connectivity index is 2.73. The van der Waals surface area contributed by atoms with Crippen molar-refractivity contribution in [2.75, 3.05) is 25.6 Å². The first kappa shape index (κ1) is 16.5. The maximum Gasteiger partial charge on any atom is 0.243 e. The van der Waals surface area contributed by atoms with Crippen LogP contribution in [0.2, 0.25) is 0 Å². The van der Waals surface area contributed by atoms with E-state index in [2.05, 4.69) is 15.1 Å². The fraction of sp³-hybridized carbons (Fsp3) is 0.727. The molecule has 0 spiro atoms. The van der Waals surface area contributed by atoms with Gasteiger partial charge in [0, 0.05) is 24.5 Å². The van der Waals surface area contributed by atoms with Gasteiger partial charge in [0.1, 0.15) is 4.90 Å². The zero-order valence-corrected chi connectivity index (χ0v) is 13.2. The molecule has 1 unspecified atom stereocenters. The molecule has 8 heteroatoms. The van der Waals surface area contributed by atoms with Crippen LogP contribution in [-0.2, 0) is 16.6 Å². The Labute approximate surface area is 119 Å². The van der Waals surface area contributed by atoms with E-state index in [1.165, 1.54) is 6.20 Å². The molecule has 0 aromatic carbocycles. The molecule has 0 saturated heterocycles. The van der Waals surface area contributed by atoms with Gasteiger partial charge < -0.3 is 5.32 Å². The molecule has 1 aromatic heterocycles. The molecule has 1 heterocycles. The van der Waals surface area contributed by atoms with E-state index < -0.39 is 10.0 Å². The highest BCUT2D eigenvalue weighted by molar-refractivity contribution is 7.98. The lowest BCUT2D eigenvalue weighted by Gasteiger charge is -2.14. The number of aromatic nitrogens is 2. The van der Waals surface area contributed by atoms with E-state index in [1.54, 1.807) is 22.6 Å². The Morgan fingerprint density at radius 3 is 2.84 bits per heavy atom. The maximum absolute atomic E-state index is 12.2. The Morgan fingerprint density at radius 2 is 2.26 bits per heavy atom. The number of rotatable bonds is 9. The number of nitrogens with one attached hydrogen (secondary N) is 2. The van der Waals surface area contributed by atoms with E-state index in [0.29, 0.717) is 6.54 Å². The van der Waals surface area contributed by atoms with Gasteiger partial charge in [-0.25, -0.2) is 13.1 Å². The van der Waals surface area contributed by atoms with Gasteiger partial charge in [-0.05, 0) is 19.7 Å². The summed E-state index contributed by atoms with van der Waals surface area (Å²) in [7, 11) is -1.62. The Bertz CT molecular complexity index is 473. The number of likely N-dealkylation sites (N-methyl/N-ethyl adjacent to an activating group) is 1. The number of thioether (sulfide) groups is 1. The van der Waals surface area contributed by atoms with Crippen LogP contribution in [0.15, 0.2) is 17.3 Å². The minimum atomic E-state index is -3.47. The average molecular weight is 306 g/mol. The van der Waals surface area contributed by atoms with Crippen molar-refractivity contribution in [2.24, 2.45) is 0 Å². The highest BCUT2D eigenvalue weighted by Gasteiger charge is 2.20. The molecule has 0 radical (unpaired) electrons. The molecule has 2 N–H and O–H groups in total. The second-order valence-electron chi connectivity index (χ2n) is 4.22. The van der Waals surface area contributed by atoms with Crippen LogP contribution in [0.25, 0.3) is 0 Å². The number of hydrogen-bond donors (Lipinski definition) is 2. The average Bonchev–Trinajstić information content (AvgIpc) is 2.85. The third-order valence-corrected chi connectivity index (χ3v) is 4.90. The first-order valence-corrected chi connectivity index (χ1v) is 9.09. The van der Waals surface area contributed by atoms with Gasteiger partial charge in [0.15, 0.2) is 0 Å². The Hall–Kier alpha value is -0.570. The smallest absolute Gasteiger partial charge is 0.243 e. The zero-order valence-electron chi connectivity index (χ0n) is 11.6. The summed E-state index contributed by atoms with van der Waals surface area (Å²) in [5, 5.41) is 7.04. The van der Waals surface area contributed by atoms with Crippen molar-refractivity contribution < 1.29 is 8.42 Å². The van der Waals surface area contributed by atoms with Gasteiger partial charge in [-0.2, -0.15) is 16.9 Å². The van der Waals surface area contributed by atoms with Gasteiger partial charge in [0.05, 0.1) is 12.7 Å². The quantitative estimate of drug-likeness (QED) is 0.696. The summed E-state index contributed by atoms with van der Waals surface area (Å²) >= 11 is 1.63. The molecule has 1 rings (SSSR count). The molecular weight excluding hydrogens is 284 g/mol. The summed E-state index contributed by atoms with van der Waals surface area (Å²) in [6, 6.07) is -0.0411. The minimum Gasteiger partial charge on any atom is -0.318 e. The van der Waals surface area contributed by atoms with Crippen LogP contribution in [0, 0.1) is 0 Å². The zero-order chi connectivity index (χ0) is 14.3.